The standard InChI is InChI=1S/C21H20N2O4/c24-20(25)18(13-16-7-3-1-4-8-16)22-11-12-23(15-22)19(21(26)27)14-17-9-5-2-6-10-17/h1-12,15,18-19H,13-14H2,(H-,24,25,26,27)/t18-,19-/m0/s1. The van der Waals surface area contributed by atoms with Gasteiger partial charge in [-0.2, -0.15) is 0 Å². The lowest BCUT2D eigenvalue weighted by Crippen LogP contribution is -2.49. The highest BCUT2D eigenvalue weighted by Gasteiger charge is 2.27. The predicted molar refractivity (Wildman–Crippen MR) is 95.6 cm³/mol. The number of aliphatic carboxylic acids is 2. The van der Waals surface area contributed by atoms with E-state index in [1.165, 1.54) is 15.5 Å². The summed E-state index contributed by atoms with van der Waals surface area (Å²) in [5.74, 6) is -2.19. The van der Waals surface area contributed by atoms with E-state index >= 15 is 0 Å². The normalized spacial score (nSPS) is 13.0. The Hall–Kier alpha value is -3.41. The fourth-order valence-electron chi connectivity index (χ4n) is 3.06. The number of hydrogen-bond acceptors (Lipinski definition) is 3. The van der Waals surface area contributed by atoms with Crippen molar-refractivity contribution >= 4 is 11.9 Å². The van der Waals surface area contributed by atoms with Gasteiger partial charge in [-0.1, -0.05) is 60.7 Å². The molecule has 0 aliphatic carbocycles. The Morgan fingerprint density at radius 1 is 0.963 bits per heavy atom. The number of nitrogens with zero attached hydrogens (tertiary/aromatic N) is 2. The molecule has 6 nitrogen and oxygen atoms in total. The molecular formula is C21H20N2O4. The van der Waals surface area contributed by atoms with Gasteiger partial charge in [0.2, 0.25) is 12.4 Å². The quantitative estimate of drug-likeness (QED) is 0.608. The smallest absolute Gasteiger partial charge is 0.349 e. The van der Waals surface area contributed by atoms with E-state index in [-0.39, 0.29) is 6.42 Å². The van der Waals surface area contributed by atoms with Crippen LogP contribution in [0, 0.1) is 0 Å². The molecule has 0 aliphatic heterocycles. The van der Waals surface area contributed by atoms with E-state index in [2.05, 4.69) is 0 Å². The molecule has 138 valence electrons. The number of carboxylic acid groups (broad SMARTS) is 2. The summed E-state index contributed by atoms with van der Waals surface area (Å²) in [7, 11) is 0. The van der Waals surface area contributed by atoms with Gasteiger partial charge >= 0.3 is 5.97 Å². The Morgan fingerprint density at radius 2 is 1.52 bits per heavy atom. The molecule has 2 aromatic carbocycles. The number of carboxylic acids is 2. The Labute approximate surface area is 156 Å². The minimum atomic E-state index is -1.21. The molecule has 1 N–H and O–H groups in total. The molecule has 0 fully saturated rings. The number of aromatic nitrogens is 2. The van der Waals surface area contributed by atoms with Crippen LogP contribution in [0.5, 0.6) is 0 Å². The maximum Gasteiger partial charge on any atom is 0.349 e. The van der Waals surface area contributed by atoms with E-state index < -0.39 is 24.0 Å². The van der Waals surface area contributed by atoms with Crippen molar-refractivity contribution in [1.29, 1.82) is 0 Å². The second-order valence-corrected chi connectivity index (χ2v) is 6.38. The lowest BCUT2D eigenvalue weighted by molar-refractivity contribution is -0.715. The van der Waals surface area contributed by atoms with Gasteiger partial charge in [0.05, 0.1) is 5.97 Å². The largest absolute Gasteiger partial charge is 0.546 e. The van der Waals surface area contributed by atoms with Crippen LogP contribution in [-0.4, -0.2) is 21.6 Å². The Morgan fingerprint density at radius 3 is 2.04 bits per heavy atom. The molecular weight excluding hydrogens is 344 g/mol. The topological polar surface area (TPSA) is 86.2 Å². The summed E-state index contributed by atoms with van der Waals surface area (Å²) in [6.07, 6.45) is 5.24. The van der Waals surface area contributed by atoms with E-state index in [0.29, 0.717) is 6.42 Å². The zero-order valence-corrected chi connectivity index (χ0v) is 14.6. The fourth-order valence-corrected chi connectivity index (χ4v) is 3.06. The van der Waals surface area contributed by atoms with Gasteiger partial charge in [0, 0.05) is 12.8 Å². The van der Waals surface area contributed by atoms with Gasteiger partial charge in [0.25, 0.3) is 0 Å². The van der Waals surface area contributed by atoms with E-state index in [1.807, 2.05) is 60.7 Å². The van der Waals surface area contributed by atoms with Crippen molar-refractivity contribution in [2.75, 3.05) is 0 Å². The minimum Gasteiger partial charge on any atom is -0.546 e. The molecule has 1 heterocycles. The third kappa shape index (κ3) is 4.61. The van der Waals surface area contributed by atoms with Crippen LogP contribution < -0.4 is 9.67 Å². The maximum absolute atomic E-state index is 11.7. The molecule has 0 amide bonds. The number of carbonyl (C=O) groups excluding carboxylic acids is 1. The summed E-state index contributed by atoms with van der Waals surface area (Å²) in [6, 6.07) is 16.8. The highest BCUT2D eigenvalue weighted by molar-refractivity contribution is 5.72. The number of benzene rings is 2. The van der Waals surface area contributed by atoms with Crippen LogP contribution in [-0.2, 0) is 22.4 Å². The first-order chi connectivity index (χ1) is 13.0. The molecule has 1 aromatic heterocycles. The van der Waals surface area contributed by atoms with Gasteiger partial charge in [-0.3, -0.25) is 0 Å². The van der Waals surface area contributed by atoms with Crippen LogP contribution in [0.4, 0.5) is 0 Å². The van der Waals surface area contributed by atoms with Crippen molar-refractivity contribution in [3.05, 3.63) is 90.5 Å². The van der Waals surface area contributed by atoms with E-state index in [9.17, 15) is 19.8 Å². The molecule has 0 aliphatic rings. The van der Waals surface area contributed by atoms with Gasteiger partial charge in [-0.05, 0) is 11.1 Å². The fraction of sp³-hybridized carbons (Fsp3) is 0.190. The number of rotatable bonds is 8. The summed E-state index contributed by atoms with van der Waals surface area (Å²) in [6.45, 7) is 0. The van der Waals surface area contributed by atoms with Gasteiger partial charge in [0.1, 0.15) is 18.4 Å². The van der Waals surface area contributed by atoms with Crippen LogP contribution >= 0.6 is 0 Å². The van der Waals surface area contributed by atoms with Crippen LogP contribution in [0.15, 0.2) is 79.4 Å². The van der Waals surface area contributed by atoms with Crippen molar-refractivity contribution in [1.82, 2.24) is 4.57 Å². The summed E-state index contributed by atoms with van der Waals surface area (Å²) in [4.78, 5) is 23.4. The molecule has 0 bridgehead atoms. The van der Waals surface area contributed by atoms with Crippen LogP contribution in [0.1, 0.15) is 23.2 Å². The lowest BCUT2D eigenvalue weighted by atomic mass is 10.1. The maximum atomic E-state index is 11.7. The summed E-state index contributed by atoms with van der Waals surface area (Å²) in [5.41, 5.74) is 1.76. The molecule has 2 atom stereocenters. The minimum absolute atomic E-state index is 0.258. The van der Waals surface area contributed by atoms with Gasteiger partial charge in [-0.25, -0.2) is 13.9 Å². The first-order valence-corrected chi connectivity index (χ1v) is 8.64. The predicted octanol–water partition coefficient (Wildman–Crippen LogP) is 1.18. The highest BCUT2D eigenvalue weighted by atomic mass is 16.4. The second-order valence-electron chi connectivity index (χ2n) is 6.38. The lowest BCUT2D eigenvalue weighted by Gasteiger charge is -2.15. The zero-order chi connectivity index (χ0) is 19.2. The van der Waals surface area contributed by atoms with Crippen LogP contribution in [0.2, 0.25) is 0 Å². The van der Waals surface area contributed by atoms with Crippen molar-refractivity contribution < 1.29 is 24.4 Å². The molecule has 0 unspecified atom stereocenters. The summed E-state index contributed by atoms with van der Waals surface area (Å²) < 4.78 is 3.01. The molecule has 3 aromatic rings. The molecule has 27 heavy (non-hydrogen) atoms. The van der Waals surface area contributed by atoms with Gasteiger partial charge < -0.3 is 15.0 Å². The number of hydrogen-bond donors (Lipinski definition) is 1. The van der Waals surface area contributed by atoms with E-state index in [1.54, 1.807) is 12.4 Å². The Balaban J connectivity index is 1.83. The van der Waals surface area contributed by atoms with Crippen LogP contribution in [0.3, 0.4) is 0 Å². The SMILES string of the molecule is O=C(O)[C@H](Cc1ccccc1)n1cc[n+]([C@@H](Cc2ccccc2)C(=O)[O-])c1. The van der Waals surface area contributed by atoms with Crippen molar-refractivity contribution in [3.8, 4) is 0 Å². The monoisotopic (exact) mass is 364 g/mol. The third-order valence-corrected chi connectivity index (χ3v) is 4.50. The number of imidazole rings is 1. The molecule has 0 spiro atoms. The molecule has 0 saturated heterocycles. The zero-order valence-electron chi connectivity index (χ0n) is 14.6. The molecule has 0 saturated carbocycles. The van der Waals surface area contributed by atoms with E-state index in [4.69, 9.17) is 0 Å². The molecule has 3 rings (SSSR count). The average molecular weight is 364 g/mol. The molecule has 6 heteroatoms. The average Bonchev–Trinajstić information content (AvgIpc) is 3.14. The Bertz CT molecular complexity index is 832. The third-order valence-electron chi connectivity index (χ3n) is 4.50. The first-order valence-electron chi connectivity index (χ1n) is 8.64. The summed E-state index contributed by atoms with van der Waals surface area (Å²) >= 11 is 0. The first kappa shape index (κ1) is 18.4. The van der Waals surface area contributed by atoms with Crippen molar-refractivity contribution in [2.24, 2.45) is 0 Å². The highest BCUT2D eigenvalue weighted by Crippen LogP contribution is 2.15. The Kier molecular flexibility index (Phi) is 5.66. The van der Waals surface area contributed by atoms with Crippen molar-refractivity contribution in [3.63, 3.8) is 0 Å². The second kappa shape index (κ2) is 8.31. The number of carbonyl (C=O) groups is 2. The van der Waals surface area contributed by atoms with E-state index in [0.717, 1.165) is 11.1 Å². The van der Waals surface area contributed by atoms with Crippen molar-refractivity contribution in [2.45, 2.75) is 24.9 Å². The van der Waals surface area contributed by atoms with Crippen LogP contribution in [0.25, 0.3) is 0 Å². The van der Waals surface area contributed by atoms with Gasteiger partial charge in [0.15, 0.2) is 0 Å². The molecule has 0 radical (unpaired) electrons. The van der Waals surface area contributed by atoms with Gasteiger partial charge in [-0.15, -0.1) is 0 Å². The summed E-state index contributed by atoms with van der Waals surface area (Å²) in [5, 5.41) is 21.3.